The lowest BCUT2D eigenvalue weighted by Crippen LogP contribution is -2.51. The highest BCUT2D eigenvalue weighted by Crippen LogP contribution is 2.27. The molecule has 1 aliphatic heterocycles. The standard InChI is InChI=1S/C15H23F2N3O/c1-9(2)20-6-7-21-12(8-20)15(19-18)11-5-4-10(3)13(16)14(11)17/h4-5,9,12,15,19H,6-8,18H2,1-3H3. The van der Waals surface area contributed by atoms with Gasteiger partial charge in [0, 0.05) is 24.7 Å². The Bertz CT molecular complexity index is 496. The summed E-state index contributed by atoms with van der Waals surface area (Å²) in [6.45, 7) is 7.73. The Kier molecular flexibility index (Phi) is 5.27. The summed E-state index contributed by atoms with van der Waals surface area (Å²) in [5, 5.41) is 0. The van der Waals surface area contributed by atoms with Crippen molar-refractivity contribution in [2.75, 3.05) is 19.7 Å². The highest BCUT2D eigenvalue weighted by atomic mass is 19.2. The van der Waals surface area contributed by atoms with Gasteiger partial charge in [-0.1, -0.05) is 12.1 Å². The maximum absolute atomic E-state index is 14.2. The van der Waals surface area contributed by atoms with E-state index in [0.717, 1.165) is 6.54 Å². The summed E-state index contributed by atoms with van der Waals surface area (Å²) < 4.78 is 33.7. The molecule has 1 aliphatic rings. The molecule has 1 fully saturated rings. The van der Waals surface area contributed by atoms with E-state index in [2.05, 4.69) is 24.2 Å². The van der Waals surface area contributed by atoms with E-state index in [1.165, 1.54) is 6.92 Å². The van der Waals surface area contributed by atoms with Crippen LogP contribution in [0.1, 0.15) is 31.0 Å². The van der Waals surface area contributed by atoms with Gasteiger partial charge in [0.15, 0.2) is 11.6 Å². The highest BCUT2D eigenvalue weighted by molar-refractivity contribution is 5.28. The zero-order chi connectivity index (χ0) is 15.6. The molecule has 0 radical (unpaired) electrons. The predicted molar refractivity (Wildman–Crippen MR) is 77.6 cm³/mol. The van der Waals surface area contributed by atoms with E-state index in [9.17, 15) is 8.78 Å². The van der Waals surface area contributed by atoms with Crippen molar-refractivity contribution in [3.63, 3.8) is 0 Å². The van der Waals surface area contributed by atoms with E-state index in [1.54, 1.807) is 12.1 Å². The Morgan fingerprint density at radius 1 is 1.33 bits per heavy atom. The van der Waals surface area contributed by atoms with Crippen LogP contribution in [0, 0.1) is 18.6 Å². The largest absolute Gasteiger partial charge is 0.374 e. The number of nitrogens with zero attached hydrogens (tertiary/aromatic N) is 1. The smallest absolute Gasteiger partial charge is 0.164 e. The van der Waals surface area contributed by atoms with E-state index >= 15 is 0 Å². The molecule has 1 heterocycles. The van der Waals surface area contributed by atoms with Crippen molar-refractivity contribution >= 4 is 0 Å². The fourth-order valence-corrected chi connectivity index (χ4v) is 2.67. The van der Waals surface area contributed by atoms with Gasteiger partial charge in [-0.2, -0.15) is 0 Å². The fourth-order valence-electron chi connectivity index (χ4n) is 2.67. The van der Waals surface area contributed by atoms with Gasteiger partial charge in [0.2, 0.25) is 0 Å². The summed E-state index contributed by atoms with van der Waals surface area (Å²) in [5.74, 6) is 3.89. The van der Waals surface area contributed by atoms with Crippen molar-refractivity contribution < 1.29 is 13.5 Å². The van der Waals surface area contributed by atoms with Gasteiger partial charge in [0.1, 0.15) is 0 Å². The van der Waals surface area contributed by atoms with Gasteiger partial charge in [0.05, 0.1) is 18.8 Å². The lowest BCUT2D eigenvalue weighted by atomic mass is 9.98. The first-order chi connectivity index (χ1) is 9.95. The molecule has 0 spiro atoms. The molecule has 0 amide bonds. The number of ether oxygens (including phenoxy) is 1. The number of benzene rings is 1. The number of aryl methyl sites for hydroxylation is 1. The molecule has 2 rings (SSSR count). The number of hydrogen-bond acceptors (Lipinski definition) is 4. The summed E-state index contributed by atoms with van der Waals surface area (Å²) in [4.78, 5) is 2.24. The van der Waals surface area contributed by atoms with Gasteiger partial charge in [0.25, 0.3) is 0 Å². The summed E-state index contributed by atoms with van der Waals surface area (Å²) in [7, 11) is 0. The van der Waals surface area contributed by atoms with Crippen LogP contribution in [0.3, 0.4) is 0 Å². The first kappa shape index (κ1) is 16.3. The van der Waals surface area contributed by atoms with E-state index in [0.29, 0.717) is 19.2 Å². The summed E-state index contributed by atoms with van der Waals surface area (Å²) >= 11 is 0. The molecule has 4 nitrogen and oxygen atoms in total. The second-order valence-corrected chi connectivity index (χ2v) is 5.74. The van der Waals surface area contributed by atoms with E-state index in [4.69, 9.17) is 10.6 Å². The van der Waals surface area contributed by atoms with Crippen LogP contribution in [-0.2, 0) is 4.74 Å². The number of hydrazine groups is 1. The van der Waals surface area contributed by atoms with Gasteiger partial charge in [-0.3, -0.25) is 16.2 Å². The molecule has 21 heavy (non-hydrogen) atoms. The number of nitrogens with two attached hydrogens (primary N) is 1. The number of halogens is 2. The topological polar surface area (TPSA) is 50.5 Å². The minimum absolute atomic E-state index is 0.205. The number of nitrogens with one attached hydrogen (secondary N) is 1. The number of rotatable bonds is 4. The molecule has 0 aromatic heterocycles. The Labute approximate surface area is 124 Å². The SMILES string of the molecule is Cc1ccc(C(NN)C2CN(C(C)C)CCO2)c(F)c1F. The fraction of sp³-hybridized carbons (Fsp3) is 0.600. The van der Waals surface area contributed by atoms with Crippen LogP contribution in [0.15, 0.2) is 12.1 Å². The summed E-state index contributed by atoms with van der Waals surface area (Å²) in [6, 6.07) is 2.91. The first-order valence-electron chi connectivity index (χ1n) is 7.22. The van der Waals surface area contributed by atoms with Crippen LogP contribution in [0.2, 0.25) is 0 Å². The third kappa shape index (κ3) is 3.40. The maximum atomic E-state index is 14.2. The Hall–Kier alpha value is -1.08. The molecule has 2 atom stereocenters. The molecule has 1 aromatic rings. The zero-order valence-corrected chi connectivity index (χ0v) is 12.7. The number of hydrogen-bond donors (Lipinski definition) is 2. The third-order valence-corrected chi connectivity index (χ3v) is 4.05. The van der Waals surface area contributed by atoms with Gasteiger partial charge in [-0.25, -0.2) is 8.78 Å². The Morgan fingerprint density at radius 3 is 2.67 bits per heavy atom. The molecule has 1 saturated heterocycles. The van der Waals surface area contributed by atoms with Crippen LogP contribution in [0.25, 0.3) is 0 Å². The van der Waals surface area contributed by atoms with Crippen molar-refractivity contribution in [3.8, 4) is 0 Å². The molecule has 0 bridgehead atoms. The molecule has 1 aromatic carbocycles. The number of morpholine rings is 1. The highest BCUT2D eigenvalue weighted by Gasteiger charge is 2.32. The van der Waals surface area contributed by atoms with Crippen LogP contribution in [0.5, 0.6) is 0 Å². The van der Waals surface area contributed by atoms with Gasteiger partial charge < -0.3 is 4.74 Å². The lowest BCUT2D eigenvalue weighted by molar-refractivity contribution is -0.0566. The van der Waals surface area contributed by atoms with Crippen LogP contribution >= 0.6 is 0 Å². The molecule has 2 unspecified atom stereocenters. The van der Waals surface area contributed by atoms with Crippen molar-refractivity contribution in [2.45, 2.75) is 39.0 Å². The quantitative estimate of drug-likeness (QED) is 0.658. The van der Waals surface area contributed by atoms with Crippen LogP contribution < -0.4 is 11.3 Å². The molecule has 118 valence electrons. The molecule has 0 aliphatic carbocycles. The second-order valence-electron chi connectivity index (χ2n) is 5.74. The average molecular weight is 299 g/mol. The molecular formula is C15H23F2N3O. The lowest BCUT2D eigenvalue weighted by Gasteiger charge is -2.38. The Morgan fingerprint density at radius 2 is 2.05 bits per heavy atom. The van der Waals surface area contributed by atoms with Crippen molar-refractivity contribution in [1.29, 1.82) is 0 Å². The van der Waals surface area contributed by atoms with E-state index in [-0.39, 0.29) is 17.2 Å². The van der Waals surface area contributed by atoms with Crippen molar-refractivity contribution in [3.05, 3.63) is 34.9 Å². The van der Waals surface area contributed by atoms with Crippen molar-refractivity contribution in [1.82, 2.24) is 10.3 Å². The maximum Gasteiger partial charge on any atom is 0.164 e. The molecule has 6 heteroatoms. The molecule has 3 N–H and O–H groups in total. The average Bonchev–Trinajstić information content (AvgIpc) is 2.48. The zero-order valence-electron chi connectivity index (χ0n) is 12.7. The second kappa shape index (κ2) is 6.79. The van der Waals surface area contributed by atoms with Crippen LogP contribution in [0.4, 0.5) is 8.78 Å². The minimum Gasteiger partial charge on any atom is -0.374 e. The van der Waals surface area contributed by atoms with Crippen LogP contribution in [-0.4, -0.2) is 36.7 Å². The monoisotopic (exact) mass is 299 g/mol. The molecular weight excluding hydrogens is 276 g/mol. The predicted octanol–water partition coefficient (Wildman–Crippen LogP) is 1.89. The normalized spacial score (nSPS) is 21.8. The first-order valence-corrected chi connectivity index (χ1v) is 7.22. The van der Waals surface area contributed by atoms with Gasteiger partial charge >= 0.3 is 0 Å². The summed E-state index contributed by atoms with van der Waals surface area (Å²) in [6.07, 6.45) is -0.317. The van der Waals surface area contributed by atoms with Gasteiger partial charge in [-0.15, -0.1) is 0 Å². The van der Waals surface area contributed by atoms with Crippen molar-refractivity contribution in [2.24, 2.45) is 5.84 Å². The third-order valence-electron chi connectivity index (χ3n) is 4.05. The molecule has 0 saturated carbocycles. The van der Waals surface area contributed by atoms with E-state index in [1.807, 2.05) is 0 Å². The summed E-state index contributed by atoms with van der Waals surface area (Å²) in [5.41, 5.74) is 3.06. The Balaban J connectivity index is 2.25. The van der Waals surface area contributed by atoms with Gasteiger partial charge in [-0.05, 0) is 26.3 Å². The minimum atomic E-state index is -0.858. The van der Waals surface area contributed by atoms with E-state index < -0.39 is 17.7 Å².